The maximum absolute atomic E-state index is 12.9. The molecule has 1 saturated heterocycles. The van der Waals surface area contributed by atoms with Crippen molar-refractivity contribution >= 4 is 35.0 Å². The minimum absolute atomic E-state index is 0.00709. The molecule has 1 atom stereocenters. The zero-order valence-corrected chi connectivity index (χ0v) is 20.6. The Morgan fingerprint density at radius 2 is 1.74 bits per heavy atom. The highest BCUT2D eigenvalue weighted by Gasteiger charge is 2.33. The average Bonchev–Trinajstić information content (AvgIpc) is 3.27. The third-order valence-corrected chi connectivity index (χ3v) is 7.46. The summed E-state index contributed by atoms with van der Waals surface area (Å²) in [7, 11) is 1.87. The fourth-order valence-electron chi connectivity index (χ4n) is 4.55. The van der Waals surface area contributed by atoms with E-state index in [9.17, 15) is 9.59 Å². The van der Waals surface area contributed by atoms with Crippen LogP contribution in [0.5, 0.6) is 5.75 Å². The standard InChI is InChI=1S/C25H28N6O3S/c1-18(31-20-10-6-7-11-21(20)34-16-22(31)32)24-26-27-25(28(24)2)35-17-23(33)30-14-12-29(13-15-30)19-8-4-3-5-9-19/h3-11,18H,12-17H2,1-2H3/t18-/m1/s1. The van der Waals surface area contributed by atoms with Crippen LogP contribution in [0, 0.1) is 0 Å². The largest absolute Gasteiger partial charge is 0.482 e. The highest BCUT2D eigenvalue weighted by molar-refractivity contribution is 7.99. The number of piperazine rings is 1. The number of amides is 2. The van der Waals surface area contributed by atoms with Gasteiger partial charge in [-0.2, -0.15) is 0 Å². The van der Waals surface area contributed by atoms with Gasteiger partial charge in [-0.15, -0.1) is 10.2 Å². The van der Waals surface area contributed by atoms with Gasteiger partial charge in [-0.3, -0.25) is 14.5 Å². The molecule has 0 spiro atoms. The highest BCUT2D eigenvalue weighted by Crippen LogP contribution is 2.37. The molecule has 1 aromatic heterocycles. The number of rotatable bonds is 6. The van der Waals surface area contributed by atoms with Crippen LogP contribution in [0.2, 0.25) is 0 Å². The van der Waals surface area contributed by atoms with Crippen molar-refractivity contribution in [3.8, 4) is 5.75 Å². The fraction of sp³-hybridized carbons (Fsp3) is 0.360. The van der Waals surface area contributed by atoms with Crippen molar-refractivity contribution in [1.29, 1.82) is 0 Å². The maximum Gasteiger partial charge on any atom is 0.265 e. The molecule has 3 aromatic rings. The lowest BCUT2D eigenvalue weighted by molar-refractivity contribution is -0.128. The Hall–Kier alpha value is -3.53. The van der Waals surface area contributed by atoms with Gasteiger partial charge in [-0.1, -0.05) is 42.1 Å². The smallest absolute Gasteiger partial charge is 0.265 e. The van der Waals surface area contributed by atoms with Gasteiger partial charge in [-0.25, -0.2) is 0 Å². The summed E-state index contributed by atoms with van der Waals surface area (Å²) in [6.45, 7) is 4.97. The normalized spacial score (nSPS) is 16.6. The molecule has 0 radical (unpaired) electrons. The molecular formula is C25H28N6O3S. The van der Waals surface area contributed by atoms with Gasteiger partial charge in [0, 0.05) is 38.9 Å². The molecule has 182 valence electrons. The first-order valence-corrected chi connectivity index (χ1v) is 12.6. The van der Waals surface area contributed by atoms with E-state index in [0.29, 0.717) is 35.6 Å². The molecule has 0 unspecified atom stereocenters. The van der Waals surface area contributed by atoms with Gasteiger partial charge >= 0.3 is 0 Å². The van der Waals surface area contributed by atoms with Gasteiger partial charge in [0.1, 0.15) is 5.75 Å². The molecule has 10 heteroatoms. The number of benzene rings is 2. The lowest BCUT2D eigenvalue weighted by Crippen LogP contribution is -2.49. The molecule has 0 aliphatic carbocycles. The monoisotopic (exact) mass is 492 g/mol. The summed E-state index contributed by atoms with van der Waals surface area (Å²) in [5.74, 6) is 1.59. The predicted molar refractivity (Wildman–Crippen MR) is 135 cm³/mol. The number of thioether (sulfide) groups is 1. The Kier molecular flexibility index (Phi) is 6.63. The van der Waals surface area contributed by atoms with Gasteiger partial charge in [0.05, 0.1) is 17.5 Å². The number of carbonyl (C=O) groups excluding carboxylic acids is 2. The number of ether oxygens (including phenoxy) is 1. The Balaban J connectivity index is 1.20. The first kappa shape index (κ1) is 23.2. The van der Waals surface area contributed by atoms with Crippen LogP contribution in [0.3, 0.4) is 0 Å². The molecule has 0 N–H and O–H groups in total. The first-order valence-electron chi connectivity index (χ1n) is 11.7. The van der Waals surface area contributed by atoms with E-state index in [4.69, 9.17) is 4.74 Å². The van der Waals surface area contributed by atoms with Crippen LogP contribution < -0.4 is 14.5 Å². The van der Waals surface area contributed by atoms with Crippen molar-refractivity contribution in [2.75, 3.05) is 48.3 Å². The summed E-state index contributed by atoms with van der Waals surface area (Å²) in [6, 6.07) is 17.4. The zero-order chi connectivity index (χ0) is 24.4. The van der Waals surface area contributed by atoms with Crippen LogP contribution in [-0.2, 0) is 16.6 Å². The van der Waals surface area contributed by atoms with Crippen LogP contribution in [0.4, 0.5) is 11.4 Å². The third kappa shape index (κ3) is 4.70. The summed E-state index contributed by atoms with van der Waals surface area (Å²) in [5.41, 5.74) is 1.91. The number of hydrogen-bond acceptors (Lipinski definition) is 7. The maximum atomic E-state index is 12.9. The van der Waals surface area contributed by atoms with E-state index in [-0.39, 0.29) is 24.5 Å². The second-order valence-corrected chi connectivity index (χ2v) is 9.53. The average molecular weight is 493 g/mol. The molecule has 2 aliphatic rings. The molecule has 0 bridgehead atoms. The van der Waals surface area contributed by atoms with Crippen LogP contribution in [0.25, 0.3) is 0 Å². The lowest BCUT2D eigenvalue weighted by atomic mass is 10.1. The van der Waals surface area contributed by atoms with Crippen molar-refractivity contribution in [2.45, 2.75) is 18.1 Å². The number of hydrogen-bond donors (Lipinski definition) is 0. The van der Waals surface area contributed by atoms with Crippen LogP contribution >= 0.6 is 11.8 Å². The fourth-order valence-corrected chi connectivity index (χ4v) is 5.37. The number of para-hydroxylation sites is 3. The Labute approximate surface area is 208 Å². The zero-order valence-electron chi connectivity index (χ0n) is 19.8. The Morgan fingerprint density at radius 1 is 1.03 bits per heavy atom. The number of anilines is 2. The molecule has 2 amide bonds. The van der Waals surface area contributed by atoms with Crippen molar-refractivity contribution in [3.05, 3.63) is 60.4 Å². The lowest BCUT2D eigenvalue weighted by Gasteiger charge is -2.36. The summed E-state index contributed by atoms with van der Waals surface area (Å²) < 4.78 is 7.42. The summed E-state index contributed by atoms with van der Waals surface area (Å²) in [4.78, 5) is 31.5. The van der Waals surface area contributed by atoms with Crippen molar-refractivity contribution in [1.82, 2.24) is 19.7 Å². The summed E-state index contributed by atoms with van der Waals surface area (Å²) >= 11 is 1.37. The van der Waals surface area contributed by atoms with E-state index >= 15 is 0 Å². The minimum Gasteiger partial charge on any atom is -0.482 e. The number of carbonyl (C=O) groups is 2. The van der Waals surface area contributed by atoms with Crippen LogP contribution in [0.1, 0.15) is 18.8 Å². The van der Waals surface area contributed by atoms with Crippen molar-refractivity contribution in [3.63, 3.8) is 0 Å². The summed E-state index contributed by atoms with van der Waals surface area (Å²) in [6.07, 6.45) is 0. The second kappa shape index (κ2) is 9.99. The molecule has 0 saturated carbocycles. The van der Waals surface area contributed by atoms with Gasteiger partial charge in [0.25, 0.3) is 5.91 Å². The molecule has 3 heterocycles. The van der Waals surface area contributed by atoms with Crippen molar-refractivity contribution < 1.29 is 14.3 Å². The second-order valence-electron chi connectivity index (χ2n) is 8.59. The Morgan fingerprint density at radius 3 is 2.51 bits per heavy atom. The number of nitrogens with zero attached hydrogens (tertiary/aromatic N) is 6. The third-order valence-electron chi connectivity index (χ3n) is 6.45. The van der Waals surface area contributed by atoms with E-state index in [1.54, 1.807) is 4.90 Å². The number of aromatic nitrogens is 3. The molecule has 9 nitrogen and oxygen atoms in total. The molecule has 35 heavy (non-hydrogen) atoms. The quantitative estimate of drug-likeness (QED) is 0.489. The topological polar surface area (TPSA) is 83.8 Å². The molecular weight excluding hydrogens is 464 g/mol. The minimum atomic E-state index is -0.332. The molecule has 2 aromatic carbocycles. The van der Waals surface area contributed by atoms with Crippen molar-refractivity contribution in [2.24, 2.45) is 7.05 Å². The van der Waals surface area contributed by atoms with Crippen LogP contribution in [0.15, 0.2) is 59.8 Å². The van der Waals surface area contributed by atoms with E-state index < -0.39 is 0 Å². The predicted octanol–water partition coefficient (Wildman–Crippen LogP) is 2.74. The van der Waals surface area contributed by atoms with Crippen LogP contribution in [-0.4, -0.2) is 70.0 Å². The van der Waals surface area contributed by atoms with Gasteiger partial charge in [0.2, 0.25) is 5.91 Å². The molecule has 1 fully saturated rings. The van der Waals surface area contributed by atoms with Gasteiger partial charge in [-0.05, 0) is 31.2 Å². The van der Waals surface area contributed by atoms with Gasteiger partial charge < -0.3 is 19.1 Å². The van der Waals surface area contributed by atoms with E-state index in [2.05, 4.69) is 27.2 Å². The van der Waals surface area contributed by atoms with Gasteiger partial charge in [0.15, 0.2) is 17.6 Å². The van der Waals surface area contributed by atoms with E-state index in [1.807, 2.05) is 65.9 Å². The molecule has 2 aliphatic heterocycles. The number of fused-ring (bicyclic) bond motifs is 1. The SMILES string of the molecule is C[C@H](c1nnc(SCC(=O)N2CCN(c3ccccc3)CC2)n1C)N1C(=O)COc2ccccc21. The highest BCUT2D eigenvalue weighted by atomic mass is 32.2. The first-order chi connectivity index (χ1) is 17.0. The Bertz CT molecular complexity index is 1210. The van der Waals surface area contributed by atoms with E-state index in [0.717, 1.165) is 18.8 Å². The molecule has 5 rings (SSSR count). The summed E-state index contributed by atoms with van der Waals surface area (Å²) in [5, 5.41) is 9.32. The van der Waals surface area contributed by atoms with E-state index in [1.165, 1.54) is 17.4 Å².